The predicted molar refractivity (Wildman–Crippen MR) is 64.7 cm³/mol. The van der Waals surface area contributed by atoms with Crippen molar-refractivity contribution in [2.75, 3.05) is 11.9 Å². The fourth-order valence-electron chi connectivity index (χ4n) is 1.99. The molecule has 0 spiro atoms. The summed E-state index contributed by atoms with van der Waals surface area (Å²) in [6, 6.07) is 14.4. The van der Waals surface area contributed by atoms with Crippen LogP contribution in [0.1, 0.15) is 11.6 Å². The number of ether oxygens (including phenoxy) is 1. The average molecular weight is 229 g/mol. The maximum Gasteiger partial charge on any atom is 0.142 e. The molecule has 0 bridgehead atoms. The van der Waals surface area contributed by atoms with Crippen molar-refractivity contribution in [2.24, 2.45) is 0 Å². The zero-order chi connectivity index (χ0) is 11.7. The number of hydrogen-bond acceptors (Lipinski definition) is 2. The van der Waals surface area contributed by atoms with E-state index in [2.05, 4.69) is 5.32 Å². The first kappa shape index (κ1) is 10.1. The minimum Gasteiger partial charge on any atom is -0.489 e. The molecule has 0 radical (unpaired) electrons. The molecule has 0 saturated heterocycles. The molecule has 0 amide bonds. The largest absolute Gasteiger partial charge is 0.489 e. The summed E-state index contributed by atoms with van der Waals surface area (Å²) in [6.45, 7) is 0.558. The third kappa shape index (κ3) is 1.96. The molecule has 1 aliphatic rings. The van der Waals surface area contributed by atoms with Crippen molar-refractivity contribution in [3.05, 3.63) is 59.9 Å². The van der Waals surface area contributed by atoms with Crippen molar-refractivity contribution in [3.63, 3.8) is 0 Å². The molecule has 0 fully saturated rings. The first-order valence-corrected chi connectivity index (χ1v) is 5.57. The highest BCUT2D eigenvalue weighted by atomic mass is 19.1. The maximum absolute atomic E-state index is 12.8. The van der Waals surface area contributed by atoms with Gasteiger partial charge in [0, 0.05) is 0 Å². The van der Waals surface area contributed by atoms with E-state index in [0.29, 0.717) is 6.61 Å². The number of para-hydroxylation sites is 2. The number of benzene rings is 2. The molecule has 0 aliphatic carbocycles. The van der Waals surface area contributed by atoms with Crippen LogP contribution in [0.3, 0.4) is 0 Å². The van der Waals surface area contributed by atoms with Crippen molar-refractivity contribution < 1.29 is 9.13 Å². The fraction of sp³-hybridized carbons (Fsp3) is 0.143. The minimum atomic E-state index is -0.217. The first-order valence-electron chi connectivity index (χ1n) is 5.57. The van der Waals surface area contributed by atoms with Crippen LogP contribution >= 0.6 is 0 Å². The number of fused-ring (bicyclic) bond motifs is 1. The lowest BCUT2D eigenvalue weighted by Crippen LogP contribution is -2.23. The van der Waals surface area contributed by atoms with Gasteiger partial charge in [-0.2, -0.15) is 0 Å². The second kappa shape index (κ2) is 4.09. The SMILES string of the molecule is Fc1ccc([C@H]2COc3ccccc3N2)cc1. The molecule has 1 aliphatic heterocycles. The van der Waals surface area contributed by atoms with Crippen LogP contribution in [0.4, 0.5) is 10.1 Å². The molecule has 2 nitrogen and oxygen atoms in total. The Hall–Kier alpha value is -2.03. The van der Waals surface area contributed by atoms with E-state index in [4.69, 9.17) is 4.74 Å². The van der Waals surface area contributed by atoms with Gasteiger partial charge in [0.05, 0.1) is 11.7 Å². The van der Waals surface area contributed by atoms with Crippen LogP contribution < -0.4 is 10.1 Å². The Balaban J connectivity index is 1.86. The summed E-state index contributed by atoms with van der Waals surface area (Å²) >= 11 is 0. The summed E-state index contributed by atoms with van der Waals surface area (Å²) in [7, 11) is 0. The number of nitrogens with one attached hydrogen (secondary N) is 1. The van der Waals surface area contributed by atoms with Gasteiger partial charge in [0.2, 0.25) is 0 Å². The molecule has 1 atom stereocenters. The molecule has 1 N–H and O–H groups in total. The lowest BCUT2D eigenvalue weighted by atomic mass is 10.1. The Morgan fingerprint density at radius 3 is 2.65 bits per heavy atom. The van der Waals surface area contributed by atoms with Gasteiger partial charge in [0.1, 0.15) is 18.2 Å². The van der Waals surface area contributed by atoms with Crippen LogP contribution in [0.5, 0.6) is 5.75 Å². The molecule has 3 rings (SSSR count). The van der Waals surface area contributed by atoms with E-state index in [1.165, 1.54) is 12.1 Å². The van der Waals surface area contributed by atoms with Crippen LogP contribution in [-0.4, -0.2) is 6.61 Å². The Kier molecular flexibility index (Phi) is 2.44. The van der Waals surface area contributed by atoms with E-state index in [1.807, 2.05) is 24.3 Å². The predicted octanol–water partition coefficient (Wildman–Crippen LogP) is 3.37. The maximum atomic E-state index is 12.8. The van der Waals surface area contributed by atoms with E-state index in [9.17, 15) is 4.39 Å². The summed E-state index contributed by atoms with van der Waals surface area (Å²) in [5.41, 5.74) is 2.01. The quantitative estimate of drug-likeness (QED) is 0.809. The van der Waals surface area contributed by atoms with Crippen LogP contribution in [0.25, 0.3) is 0 Å². The highest BCUT2D eigenvalue weighted by Gasteiger charge is 2.19. The fourth-order valence-corrected chi connectivity index (χ4v) is 1.99. The standard InChI is InChI=1S/C14H12FNO/c15-11-7-5-10(6-8-11)13-9-17-14-4-2-1-3-12(14)16-13/h1-8,13,16H,9H2/t13-/m1/s1. The molecule has 17 heavy (non-hydrogen) atoms. The van der Waals surface area contributed by atoms with E-state index in [0.717, 1.165) is 17.0 Å². The van der Waals surface area contributed by atoms with Gasteiger partial charge in [-0.25, -0.2) is 4.39 Å². The topological polar surface area (TPSA) is 21.3 Å². The second-order valence-electron chi connectivity index (χ2n) is 4.06. The monoisotopic (exact) mass is 229 g/mol. The van der Waals surface area contributed by atoms with Gasteiger partial charge in [-0.05, 0) is 29.8 Å². The lowest BCUT2D eigenvalue weighted by Gasteiger charge is -2.27. The number of anilines is 1. The normalized spacial score (nSPS) is 17.8. The smallest absolute Gasteiger partial charge is 0.142 e. The third-order valence-corrected chi connectivity index (χ3v) is 2.89. The summed E-state index contributed by atoms with van der Waals surface area (Å²) in [4.78, 5) is 0. The molecule has 0 saturated carbocycles. The van der Waals surface area contributed by atoms with Gasteiger partial charge in [-0.15, -0.1) is 0 Å². The third-order valence-electron chi connectivity index (χ3n) is 2.89. The molecular formula is C14H12FNO. The first-order chi connectivity index (χ1) is 8.33. The second-order valence-corrected chi connectivity index (χ2v) is 4.06. The zero-order valence-electron chi connectivity index (χ0n) is 9.19. The molecular weight excluding hydrogens is 217 g/mol. The number of halogens is 1. The Morgan fingerprint density at radius 1 is 1.06 bits per heavy atom. The van der Waals surface area contributed by atoms with Crippen molar-refractivity contribution >= 4 is 5.69 Å². The Labute approximate surface area is 99.0 Å². The summed E-state index contributed by atoms with van der Waals surface area (Å²) in [5, 5.41) is 3.39. The molecule has 0 unspecified atom stereocenters. The van der Waals surface area contributed by atoms with Gasteiger partial charge in [0.25, 0.3) is 0 Å². The zero-order valence-corrected chi connectivity index (χ0v) is 9.19. The summed E-state index contributed by atoms with van der Waals surface area (Å²) < 4.78 is 18.5. The van der Waals surface area contributed by atoms with Crippen LogP contribution in [0.15, 0.2) is 48.5 Å². The molecule has 3 heteroatoms. The van der Waals surface area contributed by atoms with Crippen LogP contribution in [0, 0.1) is 5.82 Å². The van der Waals surface area contributed by atoms with Crippen molar-refractivity contribution in [1.29, 1.82) is 0 Å². The molecule has 0 aromatic heterocycles. The van der Waals surface area contributed by atoms with Gasteiger partial charge in [-0.1, -0.05) is 24.3 Å². The average Bonchev–Trinajstić information content (AvgIpc) is 2.39. The van der Waals surface area contributed by atoms with E-state index < -0.39 is 0 Å². The number of hydrogen-bond donors (Lipinski definition) is 1. The van der Waals surface area contributed by atoms with Crippen molar-refractivity contribution in [2.45, 2.75) is 6.04 Å². The molecule has 86 valence electrons. The summed E-state index contributed by atoms with van der Waals surface area (Å²) in [6.07, 6.45) is 0. The van der Waals surface area contributed by atoms with Gasteiger partial charge in [-0.3, -0.25) is 0 Å². The molecule has 2 aromatic carbocycles. The summed E-state index contributed by atoms with van der Waals surface area (Å²) in [5.74, 6) is 0.650. The van der Waals surface area contributed by atoms with Crippen molar-refractivity contribution in [1.82, 2.24) is 0 Å². The van der Waals surface area contributed by atoms with Gasteiger partial charge >= 0.3 is 0 Å². The highest BCUT2D eigenvalue weighted by Crippen LogP contribution is 2.33. The van der Waals surface area contributed by atoms with Crippen molar-refractivity contribution in [3.8, 4) is 5.75 Å². The minimum absolute atomic E-state index is 0.0745. The van der Waals surface area contributed by atoms with Gasteiger partial charge < -0.3 is 10.1 Å². The highest BCUT2D eigenvalue weighted by molar-refractivity contribution is 5.59. The van der Waals surface area contributed by atoms with E-state index >= 15 is 0 Å². The van der Waals surface area contributed by atoms with Gasteiger partial charge in [0.15, 0.2) is 0 Å². The number of rotatable bonds is 1. The molecule has 1 heterocycles. The Bertz CT molecular complexity index is 524. The van der Waals surface area contributed by atoms with E-state index in [-0.39, 0.29) is 11.9 Å². The van der Waals surface area contributed by atoms with E-state index in [1.54, 1.807) is 12.1 Å². The Morgan fingerprint density at radius 2 is 1.82 bits per heavy atom. The molecule has 2 aromatic rings. The van der Waals surface area contributed by atoms with Crippen LogP contribution in [-0.2, 0) is 0 Å². The van der Waals surface area contributed by atoms with Crippen LogP contribution in [0.2, 0.25) is 0 Å². The lowest BCUT2D eigenvalue weighted by molar-refractivity contribution is 0.286.